The highest BCUT2D eigenvalue weighted by Gasteiger charge is 2.13. The van der Waals surface area contributed by atoms with Gasteiger partial charge in [-0.3, -0.25) is 4.79 Å². The molecule has 14 heavy (non-hydrogen) atoms. The molecule has 1 fully saturated rings. The van der Waals surface area contributed by atoms with E-state index in [2.05, 4.69) is 5.32 Å². The molecule has 0 heterocycles. The van der Waals surface area contributed by atoms with Crippen LogP contribution in [0, 0.1) is 5.92 Å². The van der Waals surface area contributed by atoms with Gasteiger partial charge in [-0.2, -0.15) is 0 Å². The number of hydrogen-bond acceptors (Lipinski definition) is 1. The van der Waals surface area contributed by atoms with Crippen molar-refractivity contribution in [2.45, 2.75) is 58.3 Å². The fourth-order valence-electron chi connectivity index (χ4n) is 2.31. The van der Waals surface area contributed by atoms with Gasteiger partial charge >= 0.3 is 0 Å². The molecule has 82 valence electrons. The lowest BCUT2D eigenvalue weighted by Gasteiger charge is -2.21. The summed E-state index contributed by atoms with van der Waals surface area (Å²) < 4.78 is 0. The Morgan fingerprint density at radius 3 is 2.64 bits per heavy atom. The van der Waals surface area contributed by atoms with Crippen molar-refractivity contribution >= 4 is 5.91 Å². The molecule has 0 aromatic heterocycles. The molecule has 0 aromatic carbocycles. The van der Waals surface area contributed by atoms with Crippen molar-refractivity contribution in [3.8, 4) is 0 Å². The van der Waals surface area contributed by atoms with Gasteiger partial charge in [0.25, 0.3) is 0 Å². The quantitative estimate of drug-likeness (QED) is 0.721. The fraction of sp³-hybridized carbons (Fsp3) is 0.917. The molecule has 1 rings (SSSR count). The lowest BCUT2D eigenvalue weighted by atomic mass is 9.86. The van der Waals surface area contributed by atoms with Gasteiger partial charge in [0, 0.05) is 13.0 Å². The molecule has 0 spiro atoms. The van der Waals surface area contributed by atoms with Gasteiger partial charge in [0.2, 0.25) is 5.91 Å². The van der Waals surface area contributed by atoms with Crippen molar-refractivity contribution in [3.63, 3.8) is 0 Å². The monoisotopic (exact) mass is 197 g/mol. The van der Waals surface area contributed by atoms with E-state index in [9.17, 15) is 4.79 Å². The summed E-state index contributed by atoms with van der Waals surface area (Å²) in [5, 5.41) is 2.84. The van der Waals surface area contributed by atoms with Crippen LogP contribution in [0.3, 0.4) is 0 Å². The van der Waals surface area contributed by atoms with Crippen molar-refractivity contribution in [2.24, 2.45) is 5.92 Å². The Balaban J connectivity index is 1.99. The summed E-state index contributed by atoms with van der Waals surface area (Å²) in [5.74, 6) is 1.14. The van der Waals surface area contributed by atoms with Crippen LogP contribution in [0.5, 0.6) is 0 Å². The summed E-state index contributed by atoms with van der Waals surface area (Å²) in [6, 6.07) is 0. The van der Waals surface area contributed by atoms with Crippen LogP contribution in [0.15, 0.2) is 0 Å². The highest BCUT2D eigenvalue weighted by atomic mass is 16.1. The van der Waals surface area contributed by atoms with Crippen LogP contribution in [-0.4, -0.2) is 12.5 Å². The average molecular weight is 197 g/mol. The van der Waals surface area contributed by atoms with E-state index in [1.54, 1.807) is 0 Å². The van der Waals surface area contributed by atoms with Crippen molar-refractivity contribution in [1.82, 2.24) is 5.32 Å². The number of carbonyl (C=O) groups excluding carboxylic acids is 1. The van der Waals surface area contributed by atoms with E-state index in [4.69, 9.17) is 0 Å². The van der Waals surface area contributed by atoms with Gasteiger partial charge in [-0.05, 0) is 25.7 Å². The largest absolute Gasteiger partial charge is 0.356 e. The Morgan fingerprint density at radius 1 is 1.29 bits per heavy atom. The molecule has 0 saturated heterocycles. The zero-order valence-corrected chi connectivity index (χ0v) is 9.35. The maximum Gasteiger partial charge on any atom is 0.219 e. The third-order valence-electron chi connectivity index (χ3n) is 3.11. The summed E-state index contributed by atoms with van der Waals surface area (Å²) in [5.41, 5.74) is 0. The first-order valence-corrected chi connectivity index (χ1v) is 6.09. The van der Waals surface area contributed by atoms with Gasteiger partial charge in [0.1, 0.15) is 0 Å². The first-order valence-electron chi connectivity index (χ1n) is 6.09. The Labute approximate surface area is 87.5 Å². The average Bonchev–Trinajstić information content (AvgIpc) is 2.20. The first kappa shape index (κ1) is 11.5. The number of hydrogen-bond donors (Lipinski definition) is 1. The topological polar surface area (TPSA) is 29.1 Å². The van der Waals surface area contributed by atoms with Gasteiger partial charge < -0.3 is 5.32 Å². The molecule has 1 amide bonds. The minimum absolute atomic E-state index is 0.225. The van der Waals surface area contributed by atoms with Crippen LogP contribution in [0.2, 0.25) is 0 Å². The lowest BCUT2D eigenvalue weighted by molar-refractivity contribution is -0.121. The van der Waals surface area contributed by atoms with Crippen molar-refractivity contribution in [1.29, 1.82) is 0 Å². The van der Waals surface area contributed by atoms with E-state index < -0.39 is 0 Å². The summed E-state index contributed by atoms with van der Waals surface area (Å²) in [6.45, 7) is 2.74. The van der Waals surface area contributed by atoms with Crippen LogP contribution in [0.4, 0.5) is 0 Å². The lowest BCUT2D eigenvalue weighted by Crippen LogP contribution is -2.22. The second kappa shape index (κ2) is 6.86. The van der Waals surface area contributed by atoms with E-state index >= 15 is 0 Å². The Kier molecular flexibility index (Phi) is 5.65. The molecule has 0 radical (unpaired) electrons. The molecule has 0 unspecified atom stereocenters. The smallest absolute Gasteiger partial charge is 0.219 e. The Bertz CT molecular complexity index is 162. The Morgan fingerprint density at radius 2 is 2.00 bits per heavy atom. The fourth-order valence-corrected chi connectivity index (χ4v) is 2.31. The van der Waals surface area contributed by atoms with Gasteiger partial charge in [-0.15, -0.1) is 0 Å². The van der Waals surface area contributed by atoms with Crippen LogP contribution < -0.4 is 5.32 Å². The van der Waals surface area contributed by atoms with Gasteiger partial charge in [0.15, 0.2) is 0 Å². The van der Waals surface area contributed by atoms with Gasteiger partial charge in [-0.25, -0.2) is 0 Å². The molecular weight excluding hydrogens is 174 g/mol. The molecule has 0 atom stereocenters. The second-order valence-corrected chi connectivity index (χ2v) is 4.35. The maximum atomic E-state index is 11.2. The third kappa shape index (κ3) is 4.64. The highest BCUT2D eigenvalue weighted by molar-refractivity contribution is 5.75. The molecule has 1 aliphatic rings. The number of rotatable bonds is 5. The SMILES string of the molecule is CCNC(=O)CCCC1CCCCC1. The number of amides is 1. The molecular formula is C12H23NO. The first-order chi connectivity index (χ1) is 6.83. The van der Waals surface area contributed by atoms with Crippen molar-refractivity contribution in [2.75, 3.05) is 6.54 Å². The predicted molar refractivity (Wildman–Crippen MR) is 59.1 cm³/mol. The van der Waals surface area contributed by atoms with Gasteiger partial charge in [-0.1, -0.05) is 32.1 Å². The van der Waals surface area contributed by atoms with E-state index in [1.165, 1.54) is 38.5 Å². The van der Waals surface area contributed by atoms with Crippen LogP contribution in [0.1, 0.15) is 58.3 Å². The van der Waals surface area contributed by atoms with Crippen molar-refractivity contribution in [3.05, 3.63) is 0 Å². The van der Waals surface area contributed by atoms with Crippen molar-refractivity contribution < 1.29 is 4.79 Å². The van der Waals surface area contributed by atoms with Crippen LogP contribution in [-0.2, 0) is 4.79 Å². The molecule has 1 N–H and O–H groups in total. The molecule has 2 nitrogen and oxygen atoms in total. The number of carbonyl (C=O) groups is 1. The summed E-state index contributed by atoms with van der Waals surface area (Å²) in [4.78, 5) is 11.2. The summed E-state index contributed by atoms with van der Waals surface area (Å²) >= 11 is 0. The van der Waals surface area contributed by atoms with E-state index in [1.807, 2.05) is 6.92 Å². The highest BCUT2D eigenvalue weighted by Crippen LogP contribution is 2.27. The molecule has 2 heteroatoms. The molecule has 0 aromatic rings. The molecule has 0 bridgehead atoms. The zero-order valence-electron chi connectivity index (χ0n) is 9.35. The van der Waals surface area contributed by atoms with E-state index in [0.717, 1.165) is 25.3 Å². The summed E-state index contributed by atoms with van der Waals surface area (Å²) in [7, 11) is 0. The number of nitrogens with one attached hydrogen (secondary N) is 1. The Hall–Kier alpha value is -0.530. The third-order valence-corrected chi connectivity index (χ3v) is 3.11. The molecule has 0 aliphatic heterocycles. The van der Waals surface area contributed by atoms with Crippen LogP contribution in [0.25, 0.3) is 0 Å². The van der Waals surface area contributed by atoms with E-state index in [-0.39, 0.29) is 5.91 Å². The maximum absolute atomic E-state index is 11.2. The zero-order chi connectivity index (χ0) is 10.2. The standard InChI is InChI=1S/C12H23NO/c1-2-13-12(14)10-6-9-11-7-4-3-5-8-11/h11H,2-10H2,1H3,(H,13,14). The second-order valence-electron chi connectivity index (χ2n) is 4.35. The predicted octanol–water partition coefficient (Wildman–Crippen LogP) is 2.87. The molecule has 1 aliphatic carbocycles. The normalized spacial score (nSPS) is 18.1. The molecule has 1 saturated carbocycles. The van der Waals surface area contributed by atoms with E-state index in [0.29, 0.717) is 0 Å². The summed E-state index contributed by atoms with van der Waals surface area (Å²) in [6.07, 6.45) is 10.1. The van der Waals surface area contributed by atoms with Gasteiger partial charge in [0.05, 0.1) is 0 Å². The minimum Gasteiger partial charge on any atom is -0.356 e. The van der Waals surface area contributed by atoms with Crippen LogP contribution >= 0.6 is 0 Å². The minimum atomic E-state index is 0.225.